The summed E-state index contributed by atoms with van der Waals surface area (Å²) in [4.78, 5) is 39.2. The number of carboxylic acids is 2. The highest BCUT2D eigenvalue weighted by molar-refractivity contribution is 5.87. The van der Waals surface area contributed by atoms with Crippen LogP contribution in [0.4, 0.5) is 0 Å². The van der Waals surface area contributed by atoms with Crippen molar-refractivity contribution >= 4 is 23.9 Å². The number of hydrogen-bond donors (Lipinski definition) is 7. The van der Waals surface area contributed by atoms with Crippen LogP contribution in [0.1, 0.15) is 0 Å². The number of aliphatic hydroxyl groups excluding tert-OH is 1. The average Bonchev–Trinajstić information content (AvgIpc) is 2.46. The molecule has 21 heavy (non-hydrogen) atoms. The molecule has 0 radical (unpaired) electrons. The Morgan fingerprint density at radius 1 is 0.905 bits per heavy atom. The van der Waals surface area contributed by atoms with E-state index in [1.165, 1.54) is 0 Å². The zero-order chi connectivity index (χ0) is 17.4. The van der Waals surface area contributed by atoms with Crippen LogP contribution in [-0.4, -0.2) is 71.5 Å². The van der Waals surface area contributed by atoms with Crippen LogP contribution in [0.5, 0.6) is 0 Å². The van der Waals surface area contributed by atoms with Crippen LogP contribution >= 0.6 is 0 Å². The second-order valence-corrected chi connectivity index (χ2v) is 2.98. The van der Waals surface area contributed by atoms with Crippen molar-refractivity contribution in [1.82, 2.24) is 0 Å². The highest BCUT2D eigenvalue weighted by atomic mass is 16.6. The monoisotopic (exact) mass is 312 g/mol. The summed E-state index contributed by atoms with van der Waals surface area (Å²) in [5, 5.41) is 23.5. The number of nitrogens with two attached hydrogens (primary N) is 4. The zero-order valence-electron chi connectivity index (χ0n) is 11.1. The zero-order valence-corrected chi connectivity index (χ0v) is 11.1. The van der Waals surface area contributed by atoms with E-state index in [-0.39, 0.29) is 19.6 Å². The quantitative estimate of drug-likeness (QED) is 0.187. The van der Waals surface area contributed by atoms with Gasteiger partial charge >= 0.3 is 23.9 Å². The van der Waals surface area contributed by atoms with Crippen LogP contribution < -0.4 is 22.9 Å². The van der Waals surface area contributed by atoms with Gasteiger partial charge in [-0.15, -0.1) is 0 Å². The van der Waals surface area contributed by atoms with Gasteiger partial charge in [0.25, 0.3) is 0 Å². The molecule has 0 saturated heterocycles. The number of carbonyl (C=O) groups is 4. The lowest BCUT2D eigenvalue weighted by atomic mass is 10.3. The number of rotatable bonds is 5. The van der Waals surface area contributed by atoms with E-state index in [1.54, 1.807) is 0 Å². The number of aliphatic carboxylic acids is 2. The number of esters is 2. The Labute approximate surface area is 119 Å². The van der Waals surface area contributed by atoms with Crippen molar-refractivity contribution in [2.75, 3.05) is 26.2 Å². The van der Waals surface area contributed by atoms with E-state index in [0.29, 0.717) is 0 Å². The summed E-state index contributed by atoms with van der Waals surface area (Å²) in [5.74, 6) is -3.66. The maximum Gasteiger partial charge on any atom is 0.327 e. The smallest absolute Gasteiger partial charge is 0.327 e. The molecule has 1 atom stereocenters. The van der Waals surface area contributed by atoms with Gasteiger partial charge in [-0.05, 0) is 0 Å². The fraction of sp³-hybridized carbons (Fsp3) is 0.556. The first-order valence-corrected chi connectivity index (χ1v) is 5.30. The molecule has 0 spiro atoms. The molecule has 0 rings (SSSR count). The highest BCUT2D eigenvalue weighted by Gasteiger charge is 2.07. The van der Waals surface area contributed by atoms with Crippen molar-refractivity contribution in [1.29, 1.82) is 0 Å². The van der Waals surface area contributed by atoms with Gasteiger partial charge in [0.2, 0.25) is 0 Å². The standard InChI is InChI=1S/C4H8N2O3.C3H7NO3.C2H5NO2/c5-1-3(7)9-4(8)2-6;4-2(1-5)3(6)7;3-1-2(4)5/h1-2,5-6H2;2,5H,1,4H2,(H,6,7);1,3H2,(H,4,5)/t;2-;/m.0./s1. The molecule has 0 aliphatic rings. The van der Waals surface area contributed by atoms with Gasteiger partial charge in [0, 0.05) is 0 Å². The maximum atomic E-state index is 10.2. The van der Waals surface area contributed by atoms with Crippen molar-refractivity contribution in [2.24, 2.45) is 22.9 Å². The third-order valence-corrected chi connectivity index (χ3v) is 1.25. The summed E-state index contributed by atoms with van der Waals surface area (Å²) < 4.78 is 4.02. The second-order valence-electron chi connectivity index (χ2n) is 2.98. The Hall–Kier alpha value is -2.12. The van der Waals surface area contributed by atoms with Gasteiger partial charge in [-0.25, -0.2) is 0 Å². The maximum absolute atomic E-state index is 10.2. The van der Waals surface area contributed by atoms with Gasteiger partial charge in [-0.3, -0.25) is 19.2 Å². The van der Waals surface area contributed by atoms with Crippen molar-refractivity contribution in [3.8, 4) is 0 Å². The summed E-state index contributed by atoms with van der Waals surface area (Å²) in [6.07, 6.45) is 0. The Bertz CT molecular complexity index is 322. The molecule has 11 N–H and O–H groups in total. The Balaban J connectivity index is -0.000000242. The van der Waals surface area contributed by atoms with E-state index in [2.05, 4.69) is 10.5 Å². The van der Waals surface area contributed by atoms with Crippen molar-refractivity contribution < 1.29 is 39.2 Å². The van der Waals surface area contributed by atoms with Gasteiger partial charge in [0.05, 0.1) is 26.2 Å². The summed E-state index contributed by atoms with van der Waals surface area (Å²) >= 11 is 0. The van der Waals surface area contributed by atoms with Crippen LogP contribution in [0, 0.1) is 0 Å². The molecule has 0 aliphatic carbocycles. The first-order valence-electron chi connectivity index (χ1n) is 5.30. The molecule has 0 saturated carbocycles. The van der Waals surface area contributed by atoms with Gasteiger partial charge < -0.3 is 43.0 Å². The van der Waals surface area contributed by atoms with Crippen LogP contribution in [0.2, 0.25) is 0 Å². The molecule has 0 aromatic carbocycles. The third-order valence-electron chi connectivity index (χ3n) is 1.25. The number of ether oxygens (including phenoxy) is 1. The predicted octanol–water partition coefficient (Wildman–Crippen LogP) is -4.61. The lowest BCUT2D eigenvalue weighted by molar-refractivity contribution is -0.157. The normalized spacial score (nSPS) is 9.95. The SMILES string of the molecule is NCC(=O)O.NCC(=O)OC(=O)CN.N[C@@H](CO)C(=O)O. The summed E-state index contributed by atoms with van der Waals surface area (Å²) in [6.45, 7) is -1.38. The van der Waals surface area contributed by atoms with E-state index in [4.69, 9.17) is 32.5 Å². The summed E-state index contributed by atoms with van der Waals surface area (Å²) in [7, 11) is 0. The minimum absolute atomic E-state index is 0.278. The molecule has 0 fully saturated rings. The number of carbonyl (C=O) groups excluding carboxylic acids is 2. The minimum atomic E-state index is -1.18. The van der Waals surface area contributed by atoms with Crippen LogP contribution in [-0.2, 0) is 23.9 Å². The van der Waals surface area contributed by atoms with Gasteiger partial charge in [-0.1, -0.05) is 0 Å². The molecule has 0 heterocycles. The van der Waals surface area contributed by atoms with E-state index >= 15 is 0 Å². The summed E-state index contributed by atoms with van der Waals surface area (Å²) in [6, 6.07) is -1.13. The van der Waals surface area contributed by atoms with Gasteiger partial charge in [0.1, 0.15) is 6.04 Å². The van der Waals surface area contributed by atoms with E-state index in [9.17, 15) is 19.2 Å². The molecule has 0 aromatic heterocycles. The summed E-state index contributed by atoms with van der Waals surface area (Å²) in [5.41, 5.74) is 19.0. The molecule has 0 amide bonds. The van der Waals surface area contributed by atoms with Crippen LogP contribution in [0.3, 0.4) is 0 Å². The first-order chi connectivity index (χ1) is 9.65. The van der Waals surface area contributed by atoms with E-state index in [0.717, 1.165) is 0 Å². The van der Waals surface area contributed by atoms with Crippen LogP contribution in [0.25, 0.3) is 0 Å². The molecular formula is C9H20N4O8. The van der Waals surface area contributed by atoms with Crippen LogP contribution in [0.15, 0.2) is 0 Å². The molecule has 12 heteroatoms. The fourth-order valence-corrected chi connectivity index (χ4v) is 0.288. The predicted molar refractivity (Wildman–Crippen MR) is 68.6 cm³/mol. The molecular weight excluding hydrogens is 292 g/mol. The Morgan fingerprint density at radius 2 is 1.24 bits per heavy atom. The van der Waals surface area contributed by atoms with Gasteiger partial charge in [-0.2, -0.15) is 0 Å². The van der Waals surface area contributed by atoms with Gasteiger partial charge in [0.15, 0.2) is 0 Å². The van der Waals surface area contributed by atoms with Crippen molar-refractivity contribution in [3.05, 3.63) is 0 Å². The Morgan fingerprint density at radius 3 is 1.33 bits per heavy atom. The van der Waals surface area contributed by atoms with Crippen molar-refractivity contribution in [2.45, 2.75) is 6.04 Å². The van der Waals surface area contributed by atoms with Crippen molar-refractivity contribution in [3.63, 3.8) is 0 Å². The number of aliphatic hydroxyl groups is 1. The minimum Gasteiger partial charge on any atom is -0.480 e. The second kappa shape index (κ2) is 15.9. The third kappa shape index (κ3) is 23.4. The molecule has 124 valence electrons. The fourth-order valence-electron chi connectivity index (χ4n) is 0.288. The van der Waals surface area contributed by atoms with E-state index in [1.807, 2.05) is 0 Å². The highest BCUT2D eigenvalue weighted by Crippen LogP contribution is 1.74. The molecule has 12 nitrogen and oxygen atoms in total. The number of hydrogen-bond acceptors (Lipinski definition) is 10. The average molecular weight is 312 g/mol. The molecule has 0 aromatic rings. The lowest BCUT2D eigenvalue weighted by Gasteiger charge is -1.96. The lowest BCUT2D eigenvalue weighted by Crippen LogP contribution is -2.33. The molecule has 0 aliphatic heterocycles. The topological polar surface area (TPSA) is 242 Å². The van der Waals surface area contributed by atoms with E-state index < -0.39 is 36.5 Å². The number of carboxylic acid groups (broad SMARTS) is 2. The Kier molecular flexibility index (Phi) is 18.2. The largest absolute Gasteiger partial charge is 0.480 e. The molecule has 0 bridgehead atoms. The molecule has 0 unspecified atom stereocenters. The first kappa shape index (κ1) is 23.9.